The zero-order chi connectivity index (χ0) is 15.9. The van der Waals surface area contributed by atoms with Crippen molar-refractivity contribution in [1.82, 2.24) is 20.2 Å². The highest BCUT2D eigenvalue weighted by atomic mass is 16.3. The predicted octanol–water partition coefficient (Wildman–Crippen LogP) is 0.635. The Balaban J connectivity index is 1.98. The van der Waals surface area contributed by atoms with Gasteiger partial charge in [-0.3, -0.25) is 4.79 Å². The largest absolute Gasteiger partial charge is 0.395 e. The van der Waals surface area contributed by atoms with Gasteiger partial charge in [-0.15, -0.1) is 0 Å². The molecule has 1 aromatic rings. The Labute approximate surface area is 132 Å². The second kappa shape index (κ2) is 8.19. The summed E-state index contributed by atoms with van der Waals surface area (Å²) in [7, 11) is 1.71. The van der Waals surface area contributed by atoms with Gasteiger partial charge in [0, 0.05) is 43.9 Å². The third kappa shape index (κ3) is 4.74. The highest BCUT2D eigenvalue weighted by Crippen LogP contribution is 2.22. The highest BCUT2D eigenvalue weighted by Gasteiger charge is 2.18. The number of nitrogens with one attached hydrogen (secondary N) is 1. The summed E-state index contributed by atoms with van der Waals surface area (Å²) >= 11 is 0. The lowest BCUT2D eigenvalue weighted by atomic mass is 9.95. The average Bonchev–Trinajstić information content (AvgIpc) is 2.53. The van der Waals surface area contributed by atoms with E-state index in [9.17, 15) is 4.79 Å². The maximum absolute atomic E-state index is 11.9. The molecule has 0 unspecified atom stereocenters. The van der Waals surface area contributed by atoms with Crippen LogP contribution < -0.4 is 5.32 Å². The number of rotatable bonds is 6. The van der Waals surface area contributed by atoms with E-state index in [-0.39, 0.29) is 12.5 Å². The first-order valence-electron chi connectivity index (χ1n) is 8.00. The number of aromatic nitrogens is 2. The molecule has 0 aliphatic carbocycles. The Kier molecular flexibility index (Phi) is 6.27. The van der Waals surface area contributed by atoms with Crippen molar-refractivity contribution in [3.63, 3.8) is 0 Å². The van der Waals surface area contributed by atoms with Gasteiger partial charge in [-0.25, -0.2) is 9.97 Å². The summed E-state index contributed by atoms with van der Waals surface area (Å²) in [4.78, 5) is 22.5. The Morgan fingerprint density at radius 3 is 3.00 bits per heavy atom. The number of likely N-dealkylation sites (N-methyl/N-ethyl adjacent to an activating group) is 1. The monoisotopic (exact) mass is 306 g/mol. The third-order valence-electron chi connectivity index (χ3n) is 4.08. The Hall–Kier alpha value is -1.53. The summed E-state index contributed by atoms with van der Waals surface area (Å²) in [6.07, 6.45) is 3.36. The number of amides is 1. The average molecular weight is 306 g/mol. The van der Waals surface area contributed by atoms with E-state index in [4.69, 9.17) is 5.11 Å². The molecule has 0 spiro atoms. The van der Waals surface area contributed by atoms with E-state index in [0.717, 1.165) is 36.7 Å². The van der Waals surface area contributed by atoms with Crippen LogP contribution in [0.5, 0.6) is 0 Å². The van der Waals surface area contributed by atoms with Crippen LogP contribution in [0, 0.1) is 6.92 Å². The molecule has 1 fully saturated rings. The van der Waals surface area contributed by atoms with E-state index in [2.05, 4.69) is 15.3 Å². The van der Waals surface area contributed by atoms with E-state index in [1.807, 2.05) is 13.0 Å². The molecule has 1 aromatic heterocycles. The SMILES string of the molecule is Cc1nc(CCC(=O)N(C)CCO)cc([C@H]2CCCNC2)n1. The maximum Gasteiger partial charge on any atom is 0.222 e. The van der Waals surface area contributed by atoms with Crippen LogP contribution in [0.4, 0.5) is 0 Å². The normalized spacial score (nSPS) is 18.2. The van der Waals surface area contributed by atoms with E-state index >= 15 is 0 Å². The molecule has 1 atom stereocenters. The van der Waals surface area contributed by atoms with Crippen molar-refractivity contribution >= 4 is 5.91 Å². The zero-order valence-electron chi connectivity index (χ0n) is 13.5. The lowest BCUT2D eigenvalue weighted by molar-refractivity contribution is -0.130. The van der Waals surface area contributed by atoms with Gasteiger partial charge in [-0.2, -0.15) is 0 Å². The molecule has 6 nitrogen and oxygen atoms in total. The van der Waals surface area contributed by atoms with Crippen molar-refractivity contribution in [2.75, 3.05) is 33.3 Å². The van der Waals surface area contributed by atoms with Crippen LogP contribution in [0.3, 0.4) is 0 Å². The summed E-state index contributed by atoms with van der Waals surface area (Å²) in [5, 5.41) is 12.3. The second-order valence-electron chi connectivity index (χ2n) is 5.91. The molecule has 2 heterocycles. The van der Waals surface area contributed by atoms with Gasteiger partial charge < -0.3 is 15.3 Å². The van der Waals surface area contributed by atoms with Crippen molar-refractivity contribution in [2.45, 2.75) is 38.5 Å². The van der Waals surface area contributed by atoms with Crippen LogP contribution in [0.25, 0.3) is 0 Å². The van der Waals surface area contributed by atoms with Crippen molar-refractivity contribution < 1.29 is 9.90 Å². The molecule has 2 rings (SSSR count). The molecule has 22 heavy (non-hydrogen) atoms. The van der Waals surface area contributed by atoms with E-state index in [0.29, 0.717) is 25.3 Å². The topological polar surface area (TPSA) is 78.4 Å². The molecule has 0 aromatic carbocycles. The Bertz CT molecular complexity index is 501. The van der Waals surface area contributed by atoms with Crippen LogP contribution in [0.15, 0.2) is 6.07 Å². The predicted molar refractivity (Wildman–Crippen MR) is 84.7 cm³/mol. The summed E-state index contributed by atoms with van der Waals surface area (Å²) in [6.45, 7) is 4.32. The van der Waals surface area contributed by atoms with Gasteiger partial charge in [-0.05, 0) is 38.8 Å². The Morgan fingerprint density at radius 2 is 2.32 bits per heavy atom. The van der Waals surface area contributed by atoms with Gasteiger partial charge in [0.1, 0.15) is 5.82 Å². The van der Waals surface area contributed by atoms with Gasteiger partial charge in [-0.1, -0.05) is 0 Å². The number of piperidine rings is 1. The standard InChI is InChI=1S/C16H26N4O2/c1-12-18-14(5-6-16(22)20(2)8-9-21)10-15(19-12)13-4-3-7-17-11-13/h10,13,17,21H,3-9,11H2,1-2H3/t13-/m0/s1. The third-order valence-corrected chi connectivity index (χ3v) is 4.08. The van der Waals surface area contributed by atoms with Gasteiger partial charge in [0.05, 0.1) is 6.61 Å². The fraction of sp³-hybridized carbons (Fsp3) is 0.688. The first-order valence-corrected chi connectivity index (χ1v) is 8.00. The molecule has 1 aliphatic rings. The minimum atomic E-state index is -0.00627. The summed E-state index contributed by atoms with van der Waals surface area (Å²) in [5.74, 6) is 1.25. The molecule has 1 amide bonds. The van der Waals surface area contributed by atoms with Gasteiger partial charge in [0.2, 0.25) is 5.91 Å². The quantitative estimate of drug-likeness (QED) is 0.806. The minimum Gasteiger partial charge on any atom is -0.395 e. The molecule has 1 aliphatic heterocycles. The molecule has 0 saturated carbocycles. The molecular weight excluding hydrogens is 280 g/mol. The lowest BCUT2D eigenvalue weighted by Gasteiger charge is -2.22. The number of aryl methyl sites for hydroxylation is 2. The molecule has 2 N–H and O–H groups in total. The number of nitrogens with zero attached hydrogens (tertiary/aromatic N) is 3. The fourth-order valence-electron chi connectivity index (χ4n) is 2.80. The van der Waals surface area contributed by atoms with Gasteiger partial charge in [0.25, 0.3) is 0 Å². The number of carbonyl (C=O) groups excluding carboxylic acids is 1. The molecule has 122 valence electrons. The van der Waals surface area contributed by atoms with Gasteiger partial charge in [0.15, 0.2) is 0 Å². The van der Waals surface area contributed by atoms with Crippen LogP contribution in [0.1, 0.15) is 42.4 Å². The molecule has 6 heteroatoms. The van der Waals surface area contributed by atoms with Gasteiger partial charge >= 0.3 is 0 Å². The molecular formula is C16H26N4O2. The smallest absolute Gasteiger partial charge is 0.222 e. The molecule has 0 bridgehead atoms. The molecule has 1 saturated heterocycles. The summed E-state index contributed by atoms with van der Waals surface area (Å²) in [5.41, 5.74) is 2.02. The van der Waals surface area contributed by atoms with Crippen molar-refractivity contribution in [3.05, 3.63) is 23.3 Å². The number of hydrogen-bond acceptors (Lipinski definition) is 5. The maximum atomic E-state index is 11.9. The number of aliphatic hydroxyl groups excluding tert-OH is 1. The van der Waals surface area contributed by atoms with Crippen LogP contribution >= 0.6 is 0 Å². The highest BCUT2D eigenvalue weighted by molar-refractivity contribution is 5.76. The van der Waals surface area contributed by atoms with E-state index in [1.54, 1.807) is 11.9 Å². The first kappa shape index (κ1) is 16.8. The first-order chi connectivity index (χ1) is 10.6. The summed E-state index contributed by atoms with van der Waals surface area (Å²) in [6, 6.07) is 2.05. The van der Waals surface area contributed by atoms with Crippen LogP contribution in [0.2, 0.25) is 0 Å². The van der Waals surface area contributed by atoms with Crippen LogP contribution in [-0.4, -0.2) is 59.2 Å². The number of hydrogen-bond donors (Lipinski definition) is 2. The number of carbonyl (C=O) groups is 1. The Morgan fingerprint density at radius 1 is 1.50 bits per heavy atom. The summed E-state index contributed by atoms with van der Waals surface area (Å²) < 4.78 is 0. The van der Waals surface area contributed by atoms with E-state index in [1.165, 1.54) is 6.42 Å². The number of aliphatic hydroxyl groups is 1. The molecule has 0 radical (unpaired) electrons. The second-order valence-corrected chi connectivity index (χ2v) is 5.91. The van der Waals surface area contributed by atoms with Crippen molar-refractivity contribution in [3.8, 4) is 0 Å². The zero-order valence-corrected chi connectivity index (χ0v) is 13.5. The lowest BCUT2D eigenvalue weighted by Crippen LogP contribution is -2.30. The fourth-order valence-corrected chi connectivity index (χ4v) is 2.80. The van der Waals surface area contributed by atoms with Crippen molar-refractivity contribution in [2.24, 2.45) is 0 Å². The minimum absolute atomic E-state index is 0.00627. The van der Waals surface area contributed by atoms with Crippen LogP contribution in [-0.2, 0) is 11.2 Å². The van der Waals surface area contributed by atoms with E-state index < -0.39 is 0 Å². The van der Waals surface area contributed by atoms with Crippen molar-refractivity contribution in [1.29, 1.82) is 0 Å².